The number of nitrogens with zero attached hydrogens (tertiary/aromatic N) is 3. The summed E-state index contributed by atoms with van der Waals surface area (Å²) in [6.45, 7) is 1.69. The molecule has 0 fully saturated rings. The highest BCUT2D eigenvalue weighted by molar-refractivity contribution is 14.1. The van der Waals surface area contributed by atoms with Gasteiger partial charge in [0.05, 0.1) is 5.69 Å². The minimum absolute atomic E-state index is 0.0413. The molecule has 0 amide bonds. The number of aryl methyl sites for hydroxylation is 2. The fraction of sp³-hybridized carbons (Fsp3) is 0.154. The standard InChI is InChI=1S/C13H10IN3O3/c1-7-10(6-15)12(17(2)16-7)20-11-4-3-8(14)5-9(11)13(18)19/h3-5H,1-2H3,(H,18,19). The molecule has 0 saturated carbocycles. The van der Waals surface area contributed by atoms with Crippen molar-refractivity contribution in [2.75, 3.05) is 0 Å². The van der Waals surface area contributed by atoms with Gasteiger partial charge in [-0.15, -0.1) is 0 Å². The van der Waals surface area contributed by atoms with Crippen molar-refractivity contribution in [2.24, 2.45) is 7.05 Å². The van der Waals surface area contributed by atoms with Crippen molar-refractivity contribution >= 4 is 28.6 Å². The largest absolute Gasteiger partial charge is 0.478 e. The van der Waals surface area contributed by atoms with Gasteiger partial charge in [0, 0.05) is 10.6 Å². The van der Waals surface area contributed by atoms with Crippen LogP contribution in [0.2, 0.25) is 0 Å². The molecule has 2 aromatic rings. The van der Waals surface area contributed by atoms with Crippen LogP contribution in [0.15, 0.2) is 18.2 Å². The third-order valence-corrected chi connectivity index (χ3v) is 3.33. The van der Waals surface area contributed by atoms with Crippen LogP contribution in [0.1, 0.15) is 21.6 Å². The third kappa shape index (κ3) is 2.60. The maximum Gasteiger partial charge on any atom is 0.339 e. The Bertz CT molecular complexity index is 731. The molecular weight excluding hydrogens is 373 g/mol. The van der Waals surface area contributed by atoms with Gasteiger partial charge in [-0.1, -0.05) is 0 Å². The van der Waals surface area contributed by atoms with E-state index in [1.807, 2.05) is 28.7 Å². The normalized spacial score (nSPS) is 10.1. The van der Waals surface area contributed by atoms with Crippen LogP contribution >= 0.6 is 22.6 Å². The quantitative estimate of drug-likeness (QED) is 0.824. The molecule has 0 bridgehead atoms. The number of aromatic nitrogens is 2. The Labute approximate surface area is 128 Å². The highest BCUT2D eigenvalue weighted by atomic mass is 127. The van der Waals surface area contributed by atoms with Crippen molar-refractivity contribution in [3.8, 4) is 17.7 Å². The summed E-state index contributed by atoms with van der Waals surface area (Å²) in [7, 11) is 1.64. The molecule has 6 nitrogen and oxygen atoms in total. The van der Waals surface area contributed by atoms with Crippen molar-refractivity contribution in [2.45, 2.75) is 6.92 Å². The van der Waals surface area contributed by atoms with Crippen molar-refractivity contribution in [3.63, 3.8) is 0 Å². The second-order valence-corrected chi connectivity index (χ2v) is 5.29. The Morgan fingerprint density at radius 3 is 2.85 bits per heavy atom. The maximum absolute atomic E-state index is 11.2. The topological polar surface area (TPSA) is 88.1 Å². The molecule has 0 aliphatic heterocycles. The second kappa shape index (κ2) is 5.50. The average Bonchev–Trinajstić information content (AvgIpc) is 2.65. The molecule has 102 valence electrons. The van der Waals surface area contributed by atoms with Gasteiger partial charge in [-0.2, -0.15) is 10.4 Å². The lowest BCUT2D eigenvalue weighted by Gasteiger charge is -2.09. The molecule has 0 unspecified atom stereocenters. The Morgan fingerprint density at radius 2 is 2.25 bits per heavy atom. The highest BCUT2D eigenvalue weighted by Gasteiger charge is 2.19. The summed E-state index contributed by atoms with van der Waals surface area (Å²) in [5.41, 5.74) is 0.870. The molecule has 20 heavy (non-hydrogen) atoms. The first kappa shape index (κ1) is 14.3. The summed E-state index contributed by atoms with van der Waals surface area (Å²) in [6, 6.07) is 6.81. The number of carboxylic acids is 1. The van der Waals surface area contributed by atoms with Crippen LogP contribution < -0.4 is 4.74 Å². The van der Waals surface area contributed by atoms with Gasteiger partial charge in [-0.3, -0.25) is 0 Å². The average molecular weight is 383 g/mol. The zero-order valence-electron chi connectivity index (χ0n) is 10.7. The number of hydrogen-bond acceptors (Lipinski definition) is 4. The molecule has 0 atom stereocenters. The monoisotopic (exact) mass is 383 g/mol. The number of halogens is 1. The lowest BCUT2D eigenvalue weighted by atomic mass is 10.2. The van der Waals surface area contributed by atoms with Crippen LogP contribution in [0.25, 0.3) is 0 Å². The first-order valence-corrected chi connectivity index (χ1v) is 6.66. The van der Waals surface area contributed by atoms with Crippen molar-refractivity contribution in [1.29, 1.82) is 5.26 Å². The molecule has 0 radical (unpaired) electrons. The summed E-state index contributed by atoms with van der Waals surface area (Å²) in [6.07, 6.45) is 0. The van der Waals surface area contributed by atoms with E-state index in [-0.39, 0.29) is 17.2 Å². The smallest absolute Gasteiger partial charge is 0.339 e. The van der Waals surface area contributed by atoms with Crippen molar-refractivity contribution in [3.05, 3.63) is 38.6 Å². The fourth-order valence-electron chi connectivity index (χ4n) is 1.75. The van der Waals surface area contributed by atoms with Crippen molar-refractivity contribution < 1.29 is 14.6 Å². The van der Waals surface area contributed by atoms with Gasteiger partial charge in [-0.25, -0.2) is 9.48 Å². The molecule has 7 heteroatoms. The number of hydrogen-bond donors (Lipinski definition) is 1. The number of carbonyl (C=O) groups is 1. The minimum atomic E-state index is -1.09. The number of aromatic carboxylic acids is 1. The lowest BCUT2D eigenvalue weighted by Crippen LogP contribution is -2.03. The van der Waals surface area contributed by atoms with Gasteiger partial charge in [-0.05, 0) is 47.7 Å². The molecule has 1 aromatic heterocycles. The molecule has 1 heterocycles. The van der Waals surface area contributed by atoms with E-state index in [1.54, 1.807) is 26.1 Å². The summed E-state index contributed by atoms with van der Waals surface area (Å²) < 4.78 is 7.79. The summed E-state index contributed by atoms with van der Waals surface area (Å²) in [4.78, 5) is 11.2. The van der Waals surface area contributed by atoms with Gasteiger partial charge < -0.3 is 9.84 Å². The van der Waals surface area contributed by atoms with Crippen LogP contribution in [0.4, 0.5) is 0 Å². The lowest BCUT2D eigenvalue weighted by molar-refractivity contribution is 0.0694. The Kier molecular flexibility index (Phi) is 3.94. The Morgan fingerprint density at radius 1 is 1.55 bits per heavy atom. The highest BCUT2D eigenvalue weighted by Crippen LogP contribution is 2.30. The Balaban J connectivity index is 2.51. The Hall–Kier alpha value is -2.08. The molecule has 1 aromatic carbocycles. The number of rotatable bonds is 3. The van der Waals surface area contributed by atoms with E-state index in [9.17, 15) is 9.90 Å². The van der Waals surface area contributed by atoms with E-state index in [2.05, 4.69) is 5.10 Å². The van der Waals surface area contributed by atoms with Crippen LogP contribution in [0.3, 0.4) is 0 Å². The molecule has 0 aliphatic carbocycles. The molecule has 0 saturated heterocycles. The first-order valence-electron chi connectivity index (χ1n) is 5.58. The van der Waals surface area contributed by atoms with Crippen LogP contribution in [-0.4, -0.2) is 20.9 Å². The summed E-state index contributed by atoms with van der Waals surface area (Å²) in [5.74, 6) is -0.679. The van der Waals surface area contributed by atoms with Crippen LogP contribution in [0, 0.1) is 21.8 Å². The first-order chi connectivity index (χ1) is 9.43. The van der Waals surface area contributed by atoms with Gasteiger partial charge >= 0.3 is 5.97 Å². The zero-order valence-corrected chi connectivity index (χ0v) is 12.9. The molecule has 1 N–H and O–H groups in total. The predicted molar refractivity (Wildman–Crippen MR) is 78.9 cm³/mol. The van der Waals surface area contributed by atoms with Crippen LogP contribution in [-0.2, 0) is 7.05 Å². The van der Waals surface area contributed by atoms with E-state index in [0.29, 0.717) is 11.3 Å². The number of carboxylic acid groups (broad SMARTS) is 1. The number of nitriles is 1. The van der Waals surface area contributed by atoms with E-state index in [1.165, 1.54) is 10.7 Å². The molecule has 0 aliphatic rings. The number of benzene rings is 1. The third-order valence-electron chi connectivity index (χ3n) is 2.66. The molecule has 2 rings (SSSR count). The van der Waals surface area contributed by atoms with E-state index < -0.39 is 5.97 Å². The predicted octanol–water partition coefficient (Wildman–Crippen LogP) is 2.70. The minimum Gasteiger partial charge on any atom is -0.478 e. The second-order valence-electron chi connectivity index (χ2n) is 4.05. The van der Waals surface area contributed by atoms with Crippen molar-refractivity contribution in [1.82, 2.24) is 9.78 Å². The maximum atomic E-state index is 11.2. The van der Waals surface area contributed by atoms with E-state index >= 15 is 0 Å². The fourth-order valence-corrected chi connectivity index (χ4v) is 2.24. The van der Waals surface area contributed by atoms with E-state index in [0.717, 1.165) is 3.57 Å². The van der Waals surface area contributed by atoms with Gasteiger partial charge in [0.1, 0.15) is 22.9 Å². The van der Waals surface area contributed by atoms with Gasteiger partial charge in [0.25, 0.3) is 0 Å². The van der Waals surface area contributed by atoms with Gasteiger partial charge in [0.2, 0.25) is 5.88 Å². The molecular formula is C13H10IN3O3. The molecule has 0 spiro atoms. The SMILES string of the molecule is Cc1nn(C)c(Oc2ccc(I)cc2C(=O)O)c1C#N. The summed E-state index contributed by atoms with van der Waals surface area (Å²) >= 11 is 2.02. The summed E-state index contributed by atoms with van der Waals surface area (Å²) in [5, 5.41) is 22.4. The number of ether oxygens (including phenoxy) is 1. The van der Waals surface area contributed by atoms with Gasteiger partial charge in [0.15, 0.2) is 0 Å². The van der Waals surface area contributed by atoms with Crippen LogP contribution in [0.5, 0.6) is 11.6 Å². The van der Waals surface area contributed by atoms with E-state index in [4.69, 9.17) is 10.00 Å². The zero-order chi connectivity index (χ0) is 14.9.